The first kappa shape index (κ1) is 21.9. The molecular weight excluding hydrogens is 449 g/mol. The van der Waals surface area contributed by atoms with E-state index in [1.807, 2.05) is 11.0 Å². The molecular formula is C23H19F3N6O2. The number of hydrogen-bond acceptors (Lipinski definition) is 7. The minimum absolute atomic E-state index is 0.223. The number of anilines is 1. The molecule has 5 rings (SSSR count). The Labute approximate surface area is 191 Å². The quantitative estimate of drug-likeness (QED) is 0.572. The van der Waals surface area contributed by atoms with E-state index in [2.05, 4.69) is 15.1 Å². The van der Waals surface area contributed by atoms with Crippen LogP contribution >= 0.6 is 0 Å². The summed E-state index contributed by atoms with van der Waals surface area (Å²) >= 11 is 0. The third-order valence-corrected chi connectivity index (χ3v) is 6.39. The number of fused-ring (bicyclic) bond motifs is 1. The number of benzene rings is 1. The monoisotopic (exact) mass is 468 g/mol. The van der Waals surface area contributed by atoms with Gasteiger partial charge in [-0.1, -0.05) is 17.3 Å². The predicted octanol–water partition coefficient (Wildman–Crippen LogP) is 3.38. The van der Waals surface area contributed by atoms with E-state index in [0.717, 1.165) is 12.1 Å². The summed E-state index contributed by atoms with van der Waals surface area (Å²) in [7, 11) is 1.60. The van der Waals surface area contributed by atoms with Gasteiger partial charge in [0.2, 0.25) is 0 Å². The lowest BCUT2D eigenvalue weighted by atomic mass is 9.85. The average Bonchev–Trinajstić information content (AvgIpc) is 3.25. The largest absolute Gasteiger partial charge is 0.416 e. The summed E-state index contributed by atoms with van der Waals surface area (Å²) < 4.78 is 40.7. The lowest BCUT2D eigenvalue weighted by Crippen LogP contribution is -2.45. The summed E-state index contributed by atoms with van der Waals surface area (Å²) in [5.41, 5.74) is 0.352. The standard InChI is InChI=1S/C23H19F3N6O2/c1-31-18-6-5-16(13-27)28-19(18)20(29-21(31)33)32-9-7-22(8-10-32)12-17(30-34-22)14-3-2-4-15(11-14)23(24,25)26/h2-6,11H,7-10,12H2,1H3. The van der Waals surface area contributed by atoms with Crippen molar-refractivity contribution < 1.29 is 18.0 Å². The van der Waals surface area contributed by atoms with Crippen LogP contribution < -0.4 is 10.6 Å². The fourth-order valence-electron chi connectivity index (χ4n) is 4.44. The summed E-state index contributed by atoms with van der Waals surface area (Å²) in [4.78, 5) is 28.7. The molecule has 8 nitrogen and oxygen atoms in total. The van der Waals surface area contributed by atoms with Crippen LogP contribution in [-0.4, -0.2) is 38.9 Å². The van der Waals surface area contributed by atoms with Crippen molar-refractivity contribution in [2.24, 2.45) is 12.2 Å². The molecule has 0 N–H and O–H groups in total. The Morgan fingerprint density at radius 3 is 2.62 bits per heavy atom. The van der Waals surface area contributed by atoms with E-state index in [-0.39, 0.29) is 5.69 Å². The maximum Gasteiger partial charge on any atom is 0.416 e. The van der Waals surface area contributed by atoms with Gasteiger partial charge in [0.05, 0.1) is 16.8 Å². The number of piperidine rings is 1. The topological polar surface area (TPSA) is 96.4 Å². The number of aryl methyl sites for hydroxylation is 1. The van der Waals surface area contributed by atoms with E-state index in [1.165, 1.54) is 10.6 Å². The molecule has 0 amide bonds. The summed E-state index contributed by atoms with van der Waals surface area (Å²) in [6.07, 6.45) is -2.96. The van der Waals surface area contributed by atoms with Gasteiger partial charge in [-0.25, -0.2) is 9.78 Å². The normalized spacial score (nSPS) is 17.5. The van der Waals surface area contributed by atoms with E-state index in [1.54, 1.807) is 25.2 Å². The van der Waals surface area contributed by atoms with Gasteiger partial charge >= 0.3 is 11.9 Å². The lowest BCUT2D eigenvalue weighted by Gasteiger charge is -2.37. The number of nitrogens with zero attached hydrogens (tertiary/aromatic N) is 6. The van der Waals surface area contributed by atoms with Crippen LogP contribution in [0.1, 0.15) is 36.1 Å². The second kappa shape index (κ2) is 7.83. The second-order valence-corrected chi connectivity index (χ2v) is 8.51. The zero-order chi connectivity index (χ0) is 24.1. The van der Waals surface area contributed by atoms with Crippen molar-refractivity contribution in [2.45, 2.75) is 31.0 Å². The van der Waals surface area contributed by atoms with Gasteiger partial charge in [0, 0.05) is 45.0 Å². The fourth-order valence-corrected chi connectivity index (χ4v) is 4.44. The van der Waals surface area contributed by atoms with Crippen LogP contribution in [0.2, 0.25) is 0 Å². The van der Waals surface area contributed by atoms with Crippen LogP contribution in [0, 0.1) is 11.3 Å². The molecule has 34 heavy (non-hydrogen) atoms. The van der Waals surface area contributed by atoms with Crippen LogP contribution in [0.15, 0.2) is 46.3 Å². The summed E-state index contributed by atoms with van der Waals surface area (Å²) in [6.45, 7) is 0.970. The molecule has 0 unspecified atom stereocenters. The molecule has 4 heterocycles. The van der Waals surface area contributed by atoms with Crippen LogP contribution in [0.25, 0.3) is 11.0 Å². The van der Waals surface area contributed by atoms with Crippen LogP contribution in [0.3, 0.4) is 0 Å². The molecule has 2 aliphatic heterocycles. The Hall–Kier alpha value is -3.94. The molecule has 0 atom stereocenters. The Morgan fingerprint density at radius 1 is 1.15 bits per heavy atom. The third kappa shape index (κ3) is 3.75. The molecule has 1 fully saturated rings. The molecule has 0 saturated carbocycles. The number of alkyl halides is 3. The van der Waals surface area contributed by atoms with Crippen LogP contribution in [0.4, 0.5) is 19.0 Å². The highest BCUT2D eigenvalue weighted by molar-refractivity contribution is 6.01. The molecule has 1 saturated heterocycles. The Balaban J connectivity index is 1.37. The molecule has 0 bridgehead atoms. The van der Waals surface area contributed by atoms with Crippen LogP contribution in [-0.2, 0) is 18.1 Å². The van der Waals surface area contributed by atoms with Crippen molar-refractivity contribution in [1.82, 2.24) is 14.5 Å². The van der Waals surface area contributed by atoms with E-state index in [9.17, 15) is 23.2 Å². The zero-order valence-corrected chi connectivity index (χ0v) is 18.1. The number of oxime groups is 1. The second-order valence-electron chi connectivity index (χ2n) is 8.51. The Kier molecular flexibility index (Phi) is 5.04. The SMILES string of the molecule is Cn1c(=O)nc(N2CCC3(CC2)CC(c2cccc(C(F)(F)F)c2)=NO3)c2nc(C#N)ccc21. The first-order valence-electron chi connectivity index (χ1n) is 10.6. The van der Waals surface area contributed by atoms with Crippen molar-refractivity contribution >= 4 is 22.6 Å². The first-order valence-corrected chi connectivity index (χ1v) is 10.6. The zero-order valence-electron chi connectivity index (χ0n) is 18.1. The van der Waals surface area contributed by atoms with Crippen molar-refractivity contribution in [3.8, 4) is 6.07 Å². The van der Waals surface area contributed by atoms with Gasteiger partial charge in [0.15, 0.2) is 5.82 Å². The minimum atomic E-state index is -4.43. The van der Waals surface area contributed by atoms with Gasteiger partial charge < -0.3 is 9.74 Å². The molecule has 1 spiro atoms. The molecule has 0 radical (unpaired) electrons. The predicted molar refractivity (Wildman–Crippen MR) is 117 cm³/mol. The highest BCUT2D eigenvalue weighted by Gasteiger charge is 2.43. The van der Waals surface area contributed by atoms with Gasteiger partial charge in [-0.15, -0.1) is 0 Å². The summed E-state index contributed by atoms with van der Waals surface area (Å²) in [5, 5.41) is 13.4. The van der Waals surface area contributed by atoms with E-state index in [4.69, 9.17) is 4.84 Å². The lowest BCUT2D eigenvalue weighted by molar-refractivity contribution is -0.137. The molecule has 3 aromatic rings. The third-order valence-electron chi connectivity index (χ3n) is 6.39. The molecule has 174 valence electrons. The molecule has 11 heteroatoms. The first-order chi connectivity index (χ1) is 16.2. The van der Waals surface area contributed by atoms with Gasteiger partial charge in [0.25, 0.3) is 0 Å². The number of hydrogen-bond donors (Lipinski definition) is 0. The maximum atomic E-state index is 13.1. The Bertz CT molecular complexity index is 1410. The van der Waals surface area contributed by atoms with Crippen molar-refractivity contribution in [1.29, 1.82) is 5.26 Å². The molecule has 0 aliphatic carbocycles. The van der Waals surface area contributed by atoms with Gasteiger partial charge in [-0.2, -0.15) is 23.4 Å². The number of halogens is 3. The highest BCUT2D eigenvalue weighted by atomic mass is 19.4. The average molecular weight is 468 g/mol. The number of aromatic nitrogens is 3. The number of nitriles is 1. The van der Waals surface area contributed by atoms with Crippen molar-refractivity contribution in [3.05, 3.63) is 63.7 Å². The van der Waals surface area contributed by atoms with Crippen molar-refractivity contribution in [2.75, 3.05) is 18.0 Å². The smallest absolute Gasteiger partial charge is 0.388 e. The number of rotatable bonds is 2. The molecule has 2 aliphatic rings. The Morgan fingerprint density at radius 2 is 1.91 bits per heavy atom. The van der Waals surface area contributed by atoms with Gasteiger partial charge in [-0.05, 0) is 24.3 Å². The number of pyridine rings is 1. The minimum Gasteiger partial charge on any atom is -0.388 e. The van der Waals surface area contributed by atoms with E-state index >= 15 is 0 Å². The summed E-state index contributed by atoms with van der Waals surface area (Å²) in [6, 6.07) is 10.3. The molecule has 2 aromatic heterocycles. The van der Waals surface area contributed by atoms with Crippen molar-refractivity contribution in [3.63, 3.8) is 0 Å². The molecule has 1 aromatic carbocycles. The van der Waals surface area contributed by atoms with E-state index < -0.39 is 23.0 Å². The fraction of sp³-hybridized carbons (Fsp3) is 0.348. The van der Waals surface area contributed by atoms with Gasteiger partial charge in [-0.3, -0.25) is 4.57 Å². The van der Waals surface area contributed by atoms with E-state index in [0.29, 0.717) is 60.5 Å². The summed E-state index contributed by atoms with van der Waals surface area (Å²) in [5.74, 6) is 0.405. The highest BCUT2D eigenvalue weighted by Crippen LogP contribution is 2.38. The van der Waals surface area contributed by atoms with Crippen LogP contribution in [0.5, 0.6) is 0 Å². The van der Waals surface area contributed by atoms with Gasteiger partial charge in [0.1, 0.15) is 22.9 Å². The maximum absolute atomic E-state index is 13.1.